The molecule has 0 aliphatic carbocycles. The number of hydrogen-bond donors (Lipinski definition) is 0. The van der Waals surface area contributed by atoms with Crippen molar-refractivity contribution in [2.75, 3.05) is 0 Å². The Bertz CT molecular complexity index is 862. The molecule has 2 aromatic heterocycles. The van der Waals surface area contributed by atoms with Gasteiger partial charge in [0, 0.05) is 11.8 Å². The Morgan fingerprint density at radius 2 is 1.92 bits per heavy atom. The number of benzene rings is 1. The van der Waals surface area contributed by atoms with Crippen LogP contribution in [0.1, 0.15) is 21.6 Å². The average molecular weight is 362 g/mol. The summed E-state index contributed by atoms with van der Waals surface area (Å²) in [5.41, 5.74) is 2.52. The third kappa shape index (κ3) is 3.42. The second-order valence-electron chi connectivity index (χ2n) is 5.05. The lowest BCUT2D eigenvalue weighted by Crippen LogP contribution is -2.06. The van der Waals surface area contributed by atoms with E-state index in [1.807, 2.05) is 37.3 Å². The van der Waals surface area contributed by atoms with Crippen LogP contribution in [0.5, 0.6) is 0 Å². The van der Waals surface area contributed by atoms with Crippen molar-refractivity contribution in [3.63, 3.8) is 0 Å². The molecule has 2 heterocycles. The topological polar surface area (TPSA) is 57.0 Å². The summed E-state index contributed by atoms with van der Waals surface area (Å²) in [6, 6.07) is 12.6. The minimum absolute atomic E-state index is 0.0267. The highest BCUT2D eigenvalue weighted by molar-refractivity contribution is 6.30. The number of hydrogen-bond acceptors (Lipinski definition) is 4. The first-order valence-corrected chi connectivity index (χ1v) is 7.90. The third-order valence-electron chi connectivity index (χ3n) is 3.43. The Balaban J connectivity index is 1.77. The van der Waals surface area contributed by atoms with E-state index in [1.165, 1.54) is 12.3 Å². The average Bonchev–Trinajstić information content (AvgIpc) is 2.88. The van der Waals surface area contributed by atoms with Gasteiger partial charge in [0.1, 0.15) is 16.9 Å². The lowest BCUT2D eigenvalue weighted by molar-refractivity contribution is 0.0472. The van der Waals surface area contributed by atoms with Crippen LogP contribution >= 0.6 is 23.2 Å². The van der Waals surface area contributed by atoms with Crippen LogP contribution < -0.4 is 0 Å². The van der Waals surface area contributed by atoms with Crippen LogP contribution in [-0.4, -0.2) is 20.7 Å². The van der Waals surface area contributed by atoms with E-state index in [0.29, 0.717) is 27.1 Å². The number of carbonyl (C=O) groups is 1. The SMILES string of the molecule is Cc1nn(-c2ccccc2)c(Cl)c1COC(=O)c1ccc(Cl)nc1. The first-order chi connectivity index (χ1) is 11.6. The van der Waals surface area contributed by atoms with E-state index in [2.05, 4.69) is 10.1 Å². The van der Waals surface area contributed by atoms with Gasteiger partial charge >= 0.3 is 5.97 Å². The lowest BCUT2D eigenvalue weighted by Gasteiger charge is -2.05. The Kier molecular flexibility index (Phi) is 4.83. The van der Waals surface area contributed by atoms with Crippen LogP contribution in [0.25, 0.3) is 5.69 Å². The summed E-state index contributed by atoms with van der Waals surface area (Å²) in [5.74, 6) is -0.498. The molecular weight excluding hydrogens is 349 g/mol. The van der Waals surface area contributed by atoms with E-state index >= 15 is 0 Å². The summed E-state index contributed by atoms with van der Waals surface area (Å²) in [7, 11) is 0. The fraction of sp³-hybridized carbons (Fsp3) is 0.118. The van der Waals surface area contributed by atoms with Gasteiger partial charge in [-0.05, 0) is 31.2 Å². The molecular formula is C17H13Cl2N3O2. The second kappa shape index (κ2) is 7.03. The smallest absolute Gasteiger partial charge is 0.340 e. The Labute approximate surface area is 148 Å². The van der Waals surface area contributed by atoms with Crippen molar-refractivity contribution in [3.8, 4) is 5.69 Å². The molecule has 3 rings (SSSR count). The number of carbonyl (C=O) groups excluding carboxylic acids is 1. The number of aromatic nitrogens is 3. The van der Waals surface area contributed by atoms with Crippen molar-refractivity contribution in [1.29, 1.82) is 0 Å². The summed E-state index contributed by atoms with van der Waals surface area (Å²) in [4.78, 5) is 15.9. The minimum atomic E-state index is -0.498. The van der Waals surface area contributed by atoms with Gasteiger partial charge in [-0.2, -0.15) is 5.10 Å². The number of rotatable bonds is 4. The van der Waals surface area contributed by atoms with Crippen LogP contribution in [-0.2, 0) is 11.3 Å². The van der Waals surface area contributed by atoms with E-state index < -0.39 is 5.97 Å². The van der Waals surface area contributed by atoms with Crippen molar-refractivity contribution < 1.29 is 9.53 Å². The van der Waals surface area contributed by atoms with Gasteiger partial charge in [-0.1, -0.05) is 41.4 Å². The van der Waals surface area contributed by atoms with Gasteiger partial charge in [0.2, 0.25) is 0 Å². The van der Waals surface area contributed by atoms with E-state index in [-0.39, 0.29) is 6.61 Å². The third-order valence-corrected chi connectivity index (χ3v) is 4.04. The van der Waals surface area contributed by atoms with Gasteiger partial charge in [-0.3, -0.25) is 0 Å². The molecule has 24 heavy (non-hydrogen) atoms. The maximum atomic E-state index is 12.1. The number of nitrogens with zero attached hydrogens (tertiary/aromatic N) is 3. The zero-order chi connectivity index (χ0) is 17.1. The highest BCUT2D eigenvalue weighted by Gasteiger charge is 2.17. The molecule has 7 heteroatoms. The van der Waals surface area contributed by atoms with E-state index in [1.54, 1.807) is 10.7 Å². The van der Waals surface area contributed by atoms with Crippen LogP contribution in [0.2, 0.25) is 10.3 Å². The zero-order valence-electron chi connectivity index (χ0n) is 12.7. The first-order valence-electron chi connectivity index (χ1n) is 7.14. The predicted octanol–water partition coefficient (Wildman–Crippen LogP) is 4.24. The van der Waals surface area contributed by atoms with Gasteiger partial charge in [-0.25, -0.2) is 14.5 Å². The summed E-state index contributed by atoms with van der Waals surface area (Å²) >= 11 is 12.1. The molecule has 1 aromatic carbocycles. The van der Waals surface area contributed by atoms with Crippen molar-refractivity contribution in [2.45, 2.75) is 13.5 Å². The van der Waals surface area contributed by atoms with Crippen LogP contribution in [0.3, 0.4) is 0 Å². The quantitative estimate of drug-likeness (QED) is 0.515. The fourth-order valence-corrected chi connectivity index (χ4v) is 2.59. The summed E-state index contributed by atoms with van der Waals surface area (Å²) in [6.45, 7) is 1.84. The molecule has 0 radical (unpaired) electrons. The standard InChI is InChI=1S/C17H13Cl2N3O2/c1-11-14(10-24-17(23)12-7-8-15(18)20-9-12)16(19)22(21-11)13-5-3-2-4-6-13/h2-9H,10H2,1H3. The Morgan fingerprint density at radius 1 is 1.17 bits per heavy atom. The largest absolute Gasteiger partial charge is 0.457 e. The summed E-state index contributed by atoms with van der Waals surface area (Å²) in [6.07, 6.45) is 1.37. The highest BCUT2D eigenvalue weighted by Crippen LogP contribution is 2.24. The first kappa shape index (κ1) is 16.5. The number of para-hydroxylation sites is 1. The maximum absolute atomic E-state index is 12.1. The van der Waals surface area contributed by atoms with E-state index in [4.69, 9.17) is 27.9 Å². The van der Waals surface area contributed by atoms with E-state index in [0.717, 1.165) is 5.69 Å². The molecule has 0 saturated carbocycles. The van der Waals surface area contributed by atoms with Crippen molar-refractivity contribution >= 4 is 29.2 Å². The number of halogens is 2. The molecule has 0 aliphatic rings. The molecule has 0 bridgehead atoms. The monoisotopic (exact) mass is 361 g/mol. The molecule has 3 aromatic rings. The molecule has 122 valence electrons. The predicted molar refractivity (Wildman–Crippen MR) is 91.7 cm³/mol. The molecule has 0 spiro atoms. The number of aryl methyl sites for hydroxylation is 1. The molecule has 0 unspecified atom stereocenters. The molecule has 0 aliphatic heterocycles. The fourth-order valence-electron chi connectivity index (χ4n) is 2.15. The van der Waals surface area contributed by atoms with Crippen LogP contribution in [0, 0.1) is 6.92 Å². The second-order valence-corrected chi connectivity index (χ2v) is 5.79. The molecule has 0 atom stereocenters. The van der Waals surface area contributed by atoms with Gasteiger partial charge in [-0.15, -0.1) is 0 Å². The zero-order valence-corrected chi connectivity index (χ0v) is 14.3. The van der Waals surface area contributed by atoms with Crippen LogP contribution in [0.4, 0.5) is 0 Å². The molecule has 5 nitrogen and oxygen atoms in total. The summed E-state index contributed by atoms with van der Waals surface area (Å²) < 4.78 is 6.92. The molecule has 0 saturated heterocycles. The van der Waals surface area contributed by atoms with Gasteiger partial charge in [0.15, 0.2) is 0 Å². The number of pyridine rings is 1. The number of esters is 1. The maximum Gasteiger partial charge on any atom is 0.340 e. The minimum Gasteiger partial charge on any atom is -0.457 e. The Hall–Kier alpha value is -2.37. The van der Waals surface area contributed by atoms with Gasteiger partial charge in [0.05, 0.1) is 16.9 Å². The van der Waals surface area contributed by atoms with Crippen molar-refractivity contribution in [1.82, 2.24) is 14.8 Å². The van der Waals surface area contributed by atoms with Crippen molar-refractivity contribution in [2.24, 2.45) is 0 Å². The van der Waals surface area contributed by atoms with Crippen molar-refractivity contribution in [3.05, 3.63) is 75.8 Å². The molecule has 0 N–H and O–H groups in total. The summed E-state index contributed by atoms with van der Waals surface area (Å²) in [5, 5.41) is 5.14. The highest BCUT2D eigenvalue weighted by atomic mass is 35.5. The Morgan fingerprint density at radius 3 is 2.58 bits per heavy atom. The lowest BCUT2D eigenvalue weighted by atomic mass is 10.2. The molecule has 0 amide bonds. The van der Waals surface area contributed by atoms with Gasteiger partial charge in [0.25, 0.3) is 0 Å². The normalized spacial score (nSPS) is 10.6. The van der Waals surface area contributed by atoms with E-state index in [9.17, 15) is 4.79 Å². The number of ether oxygens (including phenoxy) is 1. The van der Waals surface area contributed by atoms with Crippen LogP contribution in [0.15, 0.2) is 48.7 Å². The molecule has 0 fully saturated rings. The van der Waals surface area contributed by atoms with Gasteiger partial charge < -0.3 is 4.74 Å².